The van der Waals surface area contributed by atoms with Crippen LogP contribution in [0.4, 0.5) is 0 Å². The number of benzene rings is 2. The fraction of sp³-hybridized carbons (Fsp3) is 0.333. The highest BCUT2D eigenvalue weighted by atomic mass is 16.3. The second kappa shape index (κ2) is 8.74. The second-order valence-electron chi connectivity index (χ2n) is 6.71. The van der Waals surface area contributed by atoms with E-state index in [2.05, 4.69) is 34.9 Å². The standard InChI is InChI=1S/C21H24N2O3/c24-10-9-15-5-7-16(8-6-15)21(26)23-14-20(25)13-22-19-11-17-3-1-2-4-18(17)12-19/h1-8,10,19-20,22,25H,9,11-14H2,(H,23,26). The van der Waals surface area contributed by atoms with Crippen molar-refractivity contribution in [3.63, 3.8) is 0 Å². The van der Waals surface area contributed by atoms with E-state index in [4.69, 9.17) is 0 Å². The number of hydrogen-bond donors (Lipinski definition) is 3. The quantitative estimate of drug-likeness (QED) is 0.626. The van der Waals surface area contributed by atoms with E-state index < -0.39 is 6.10 Å². The van der Waals surface area contributed by atoms with Gasteiger partial charge in [-0.05, 0) is 41.7 Å². The number of amides is 1. The van der Waals surface area contributed by atoms with Crippen molar-refractivity contribution in [2.24, 2.45) is 0 Å². The molecule has 0 aromatic heterocycles. The molecule has 26 heavy (non-hydrogen) atoms. The molecule has 1 atom stereocenters. The van der Waals surface area contributed by atoms with Gasteiger partial charge < -0.3 is 20.5 Å². The van der Waals surface area contributed by atoms with Gasteiger partial charge in [-0.2, -0.15) is 0 Å². The van der Waals surface area contributed by atoms with Gasteiger partial charge in [-0.15, -0.1) is 0 Å². The van der Waals surface area contributed by atoms with Gasteiger partial charge in [0.15, 0.2) is 0 Å². The Balaban J connectivity index is 1.39. The Morgan fingerprint density at radius 2 is 1.73 bits per heavy atom. The van der Waals surface area contributed by atoms with Crippen LogP contribution in [0.3, 0.4) is 0 Å². The zero-order valence-corrected chi connectivity index (χ0v) is 14.7. The monoisotopic (exact) mass is 352 g/mol. The van der Waals surface area contributed by atoms with Gasteiger partial charge in [-0.1, -0.05) is 36.4 Å². The van der Waals surface area contributed by atoms with Gasteiger partial charge in [0.05, 0.1) is 6.10 Å². The first-order valence-corrected chi connectivity index (χ1v) is 8.94. The van der Waals surface area contributed by atoms with Crippen LogP contribution in [-0.4, -0.2) is 42.5 Å². The number of carbonyl (C=O) groups excluding carboxylic acids is 2. The van der Waals surface area contributed by atoms with Crippen LogP contribution in [0.2, 0.25) is 0 Å². The summed E-state index contributed by atoms with van der Waals surface area (Å²) in [5.41, 5.74) is 4.13. The number of rotatable bonds is 8. The zero-order valence-electron chi connectivity index (χ0n) is 14.7. The Hall–Kier alpha value is -2.50. The van der Waals surface area contributed by atoms with E-state index in [1.807, 2.05) is 0 Å². The van der Waals surface area contributed by atoms with Crippen molar-refractivity contribution in [1.82, 2.24) is 10.6 Å². The van der Waals surface area contributed by atoms with Crippen LogP contribution in [0, 0.1) is 0 Å². The predicted molar refractivity (Wildman–Crippen MR) is 100 cm³/mol. The zero-order chi connectivity index (χ0) is 18.4. The molecule has 0 bridgehead atoms. The normalized spacial score (nSPS) is 14.7. The molecule has 1 amide bonds. The summed E-state index contributed by atoms with van der Waals surface area (Å²) >= 11 is 0. The van der Waals surface area contributed by atoms with Crippen LogP contribution in [0.5, 0.6) is 0 Å². The molecule has 0 saturated carbocycles. The number of aldehydes is 1. The molecule has 3 rings (SSSR count). The molecule has 136 valence electrons. The van der Waals surface area contributed by atoms with Crippen LogP contribution in [0.15, 0.2) is 48.5 Å². The van der Waals surface area contributed by atoms with Crippen LogP contribution in [0.25, 0.3) is 0 Å². The van der Waals surface area contributed by atoms with Gasteiger partial charge >= 0.3 is 0 Å². The third-order valence-electron chi connectivity index (χ3n) is 4.73. The van der Waals surface area contributed by atoms with E-state index in [1.165, 1.54) is 11.1 Å². The molecule has 0 radical (unpaired) electrons. The van der Waals surface area contributed by atoms with E-state index >= 15 is 0 Å². The molecule has 1 unspecified atom stereocenters. The maximum atomic E-state index is 12.1. The maximum Gasteiger partial charge on any atom is 0.251 e. The summed E-state index contributed by atoms with van der Waals surface area (Å²) in [4.78, 5) is 22.6. The fourth-order valence-corrected chi connectivity index (χ4v) is 3.28. The number of hydrogen-bond acceptors (Lipinski definition) is 4. The molecule has 0 spiro atoms. The Bertz CT molecular complexity index is 733. The van der Waals surface area contributed by atoms with Crippen LogP contribution in [0.1, 0.15) is 27.0 Å². The van der Waals surface area contributed by atoms with Gasteiger partial charge in [-0.3, -0.25) is 4.79 Å². The summed E-state index contributed by atoms with van der Waals surface area (Å²) < 4.78 is 0. The topological polar surface area (TPSA) is 78.4 Å². The van der Waals surface area contributed by atoms with Crippen molar-refractivity contribution in [3.8, 4) is 0 Å². The summed E-state index contributed by atoms with van der Waals surface area (Å²) in [7, 11) is 0. The first kappa shape index (κ1) is 18.3. The highest BCUT2D eigenvalue weighted by Gasteiger charge is 2.21. The lowest BCUT2D eigenvalue weighted by Gasteiger charge is -2.17. The predicted octanol–water partition coefficient (Wildman–Crippen LogP) is 1.28. The molecule has 0 saturated heterocycles. The summed E-state index contributed by atoms with van der Waals surface area (Å²) in [5.74, 6) is -0.227. The minimum atomic E-state index is -0.642. The summed E-state index contributed by atoms with van der Waals surface area (Å²) in [6.07, 6.45) is 2.49. The summed E-state index contributed by atoms with van der Waals surface area (Å²) in [5, 5.41) is 16.2. The van der Waals surface area contributed by atoms with E-state index in [9.17, 15) is 14.7 Å². The van der Waals surface area contributed by atoms with Crippen molar-refractivity contribution in [1.29, 1.82) is 0 Å². The van der Waals surface area contributed by atoms with E-state index in [-0.39, 0.29) is 12.5 Å². The minimum Gasteiger partial charge on any atom is -0.390 e. The molecule has 5 nitrogen and oxygen atoms in total. The highest BCUT2D eigenvalue weighted by molar-refractivity contribution is 5.94. The molecule has 1 aliphatic carbocycles. The minimum absolute atomic E-state index is 0.196. The molecule has 0 heterocycles. The van der Waals surface area contributed by atoms with Gasteiger partial charge in [0, 0.05) is 31.1 Å². The lowest BCUT2D eigenvalue weighted by molar-refractivity contribution is -0.107. The Morgan fingerprint density at radius 1 is 1.08 bits per heavy atom. The van der Waals surface area contributed by atoms with Crippen LogP contribution in [-0.2, 0) is 24.1 Å². The number of nitrogens with one attached hydrogen (secondary N) is 2. The molecule has 2 aromatic carbocycles. The first-order chi connectivity index (χ1) is 12.7. The molecule has 5 heteroatoms. The average molecular weight is 352 g/mol. The third-order valence-corrected chi connectivity index (χ3v) is 4.73. The molecule has 1 aliphatic rings. The lowest BCUT2D eigenvalue weighted by Crippen LogP contribution is -2.41. The van der Waals surface area contributed by atoms with Crippen LogP contribution >= 0.6 is 0 Å². The lowest BCUT2D eigenvalue weighted by atomic mass is 10.1. The molecule has 3 N–H and O–H groups in total. The van der Waals surface area contributed by atoms with Crippen molar-refractivity contribution >= 4 is 12.2 Å². The Morgan fingerprint density at radius 3 is 2.35 bits per heavy atom. The second-order valence-corrected chi connectivity index (χ2v) is 6.71. The highest BCUT2D eigenvalue weighted by Crippen LogP contribution is 2.21. The number of aliphatic hydroxyl groups excluding tert-OH is 1. The number of aliphatic hydroxyl groups is 1. The smallest absolute Gasteiger partial charge is 0.251 e. The van der Waals surface area contributed by atoms with Gasteiger partial charge in [-0.25, -0.2) is 0 Å². The Kier molecular flexibility index (Phi) is 6.15. The first-order valence-electron chi connectivity index (χ1n) is 8.94. The van der Waals surface area contributed by atoms with Crippen LogP contribution < -0.4 is 10.6 Å². The molecule has 2 aromatic rings. The SMILES string of the molecule is O=CCc1ccc(C(=O)NCC(O)CNC2Cc3ccccc3C2)cc1. The van der Waals surface area contributed by atoms with Crippen molar-refractivity contribution < 1.29 is 14.7 Å². The fourth-order valence-electron chi connectivity index (χ4n) is 3.28. The number of fused-ring (bicyclic) bond motifs is 1. The van der Waals surface area contributed by atoms with Crippen molar-refractivity contribution in [3.05, 3.63) is 70.8 Å². The average Bonchev–Trinajstić information content (AvgIpc) is 3.08. The van der Waals surface area contributed by atoms with E-state index in [1.54, 1.807) is 24.3 Å². The number of carbonyl (C=O) groups is 2. The van der Waals surface area contributed by atoms with Gasteiger partial charge in [0.1, 0.15) is 6.29 Å². The van der Waals surface area contributed by atoms with Gasteiger partial charge in [0.2, 0.25) is 0 Å². The summed E-state index contributed by atoms with van der Waals surface area (Å²) in [6.45, 7) is 0.638. The van der Waals surface area contributed by atoms with E-state index in [0.29, 0.717) is 24.6 Å². The third kappa shape index (κ3) is 4.77. The molecular weight excluding hydrogens is 328 g/mol. The molecule has 0 aliphatic heterocycles. The largest absolute Gasteiger partial charge is 0.390 e. The molecular formula is C21H24N2O3. The van der Waals surface area contributed by atoms with Gasteiger partial charge in [0.25, 0.3) is 5.91 Å². The molecule has 0 fully saturated rings. The Labute approximate surface area is 153 Å². The maximum absolute atomic E-state index is 12.1. The summed E-state index contributed by atoms with van der Waals surface area (Å²) in [6, 6.07) is 15.6. The van der Waals surface area contributed by atoms with E-state index in [0.717, 1.165) is 24.7 Å². The van der Waals surface area contributed by atoms with Crippen molar-refractivity contribution in [2.75, 3.05) is 13.1 Å². The van der Waals surface area contributed by atoms with Crippen molar-refractivity contribution in [2.45, 2.75) is 31.4 Å².